The summed E-state index contributed by atoms with van der Waals surface area (Å²) in [6, 6.07) is 1.21. The quantitative estimate of drug-likeness (QED) is 0.833. The maximum Gasteiger partial charge on any atom is 0.171 e. The minimum absolute atomic E-state index is 0.0257. The summed E-state index contributed by atoms with van der Waals surface area (Å²) in [4.78, 5) is 0. The smallest absolute Gasteiger partial charge is 0.171 e. The molecule has 2 rings (SSSR count). The van der Waals surface area contributed by atoms with Gasteiger partial charge in [-0.25, -0.2) is 8.78 Å². The predicted octanol–water partition coefficient (Wildman–Crippen LogP) is 2.69. The Morgan fingerprint density at radius 3 is 2.22 bits per heavy atom. The van der Waals surface area contributed by atoms with Crippen LogP contribution in [0.1, 0.15) is 17.9 Å². The van der Waals surface area contributed by atoms with Crippen LogP contribution in [-0.2, 0) is 4.74 Å². The van der Waals surface area contributed by atoms with Crippen molar-refractivity contribution >= 4 is 0 Å². The number of benzene rings is 1. The van der Waals surface area contributed by atoms with E-state index in [9.17, 15) is 8.78 Å². The molecule has 0 N–H and O–H groups in total. The van der Waals surface area contributed by atoms with Gasteiger partial charge in [-0.15, -0.1) is 0 Å². The van der Waals surface area contributed by atoms with E-state index < -0.39 is 17.6 Å². The van der Waals surface area contributed by atoms with E-state index in [1.54, 1.807) is 0 Å². The highest BCUT2D eigenvalue weighted by molar-refractivity contribution is 5.44. The highest BCUT2D eigenvalue weighted by atomic mass is 19.1. The van der Waals surface area contributed by atoms with Gasteiger partial charge in [0.05, 0.1) is 20.8 Å². The first kappa shape index (κ1) is 13.1. The van der Waals surface area contributed by atoms with Crippen molar-refractivity contribution in [1.29, 1.82) is 0 Å². The molecular weight excluding hydrogens is 242 g/mol. The number of hydrogen-bond acceptors (Lipinski definition) is 3. The molecule has 5 heteroatoms. The van der Waals surface area contributed by atoms with Gasteiger partial charge in [-0.05, 0) is 12.8 Å². The standard InChI is InChI=1S/C13H15F2O3/c1-16-9-6-10(17-2)13(15)11(12(9)14)8-4-3-5-18-7-8/h4,6,8H,3,5,7H2,1-2H3. The van der Waals surface area contributed by atoms with Crippen LogP contribution in [0.15, 0.2) is 6.07 Å². The number of ether oxygens (including phenoxy) is 3. The molecule has 1 aliphatic heterocycles. The van der Waals surface area contributed by atoms with Crippen LogP contribution < -0.4 is 9.47 Å². The molecule has 18 heavy (non-hydrogen) atoms. The largest absolute Gasteiger partial charge is 0.494 e. The van der Waals surface area contributed by atoms with Crippen LogP contribution in [0, 0.1) is 18.1 Å². The van der Waals surface area contributed by atoms with Crippen molar-refractivity contribution in [1.82, 2.24) is 0 Å². The maximum atomic E-state index is 14.1. The molecule has 1 aliphatic rings. The van der Waals surface area contributed by atoms with Crippen molar-refractivity contribution in [3.63, 3.8) is 0 Å². The average Bonchev–Trinajstić information content (AvgIpc) is 2.40. The normalized spacial score (nSPS) is 19.7. The summed E-state index contributed by atoms with van der Waals surface area (Å²) >= 11 is 0. The molecule has 1 fully saturated rings. The molecule has 0 amide bonds. The second-order valence-electron chi connectivity index (χ2n) is 4.03. The van der Waals surface area contributed by atoms with Crippen molar-refractivity contribution in [2.45, 2.75) is 12.3 Å². The predicted molar refractivity (Wildman–Crippen MR) is 61.9 cm³/mol. The minimum atomic E-state index is -0.692. The van der Waals surface area contributed by atoms with Crippen LogP contribution in [-0.4, -0.2) is 27.4 Å². The van der Waals surface area contributed by atoms with Crippen LogP contribution in [0.4, 0.5) is 8.78 Å². The Morgan fingerprint density at radius 2 is 1.78 bits per heavy atom. The van der Waals surface area contributed by atoms with Crippen molar-refractivity contribution < 1.29 is 23.0 Å². The van der Waals surface area contributed by atoms with Crippen LogP contribution in [0.5, 0.6) is 11.5 Å². The average molecular weight is 257 g/mol. The monoisotopic (exact) mass is 257 g/mol. The van der Waals surface area contributed by atoms with E-state index in [4.69, 9.17) is 14.2 Å². The van der Waals surface area contributed by atoms with Crippen LogP contribution in [0.25, 0.3) is 0 Å². The summed E-state index contributed by atoms with van der Waals surface area (Å²) in [7, 11) is 2.67. The van der Waals surface area contributed by atoms with Crippen molar-refractivity contribution in [2.75, 3.05) is 27.4 Å². The van der Waals surface area contributed by atoms with Crippen LogP contribution >= 0.6 is 0 Å². The Morgan fingerprint density at radius 1 is 1.17 bits per heavy atom. The molecule has 1 saturated heterocycles. The third kappa shape index (κ3) is 2.27. The lowest BCUT2D eigenvalue weighted by atomic mass is 9.92. The number of halogens is 2. The fraction of sp³-hybridized carbons (Fsp3) is 0.462. The zero-order valence-electron chi connectivity index (χ0n) is 10.3. The summed E-state index contributed by atoms with van der Waals surface area (Å²) in [5.74, 6) is -1.85. The van der Waals surface area contributed by atoms with E-state index in [2.05, 4.69) is 0 Å². The lowest BCUT2D eigenvalue weighted by Gasteiger charge is -2.24. The third-order valence-corrected chi connectivity index (χ3v) is 2.99. The number of rotatable bonds is 3. The second kappa shape index (κ2) is 5.52. The molecule has 0 aliphatic carbocycles. The molecule has 99 valence electrons. The van der Waals surface area contributed by atoms with Gasteiger partial charge in [0, 0.05) is 24.2 Å². The number of hydrogen-bond donors (Lipinski definition) is 0. The molecule has 1 heterocycles. The zero-order valence-corrected chi connectivity index (χ0v) is 10.3. The molecule has 0 aromatic heterocycles. The van der Waals surface area contributed by atoms with Gasteiger partial charge in [-0.3, -0.25) is 0 Å². The fourth-order valence-corrected chi connectivity index (χ4v) is 2.06. The Labute approximate surface area is 105 Å². The molecule has 1 radical (unpaired) electrons. The van der Waals surface area contributed by atoms with Gasteiger partial charge in [-0.2, -0.15) is 0 Å². The van der Waals surface area contributed by atoms with Gasteiger partial charge in [0.25, 0.3) is 0 Å². The molecule has 3 nitrogen and oxygen atoms in total. The van der Waals surface area contributed by atoms with Crippen LogP contribution in [0.3, 0.4) is 0 Å². The van der Waals surface area contributed by atoms with E-state index in [1.165, 1.54) is 20.3 Å². The molecule has 0 spiro atoms. The first-order chi connectivity index (χ1) is 8.69. The van der Waals surface area contributed by atoms with Gasteiger partial charge in [0.2, 0.25) is 0 Å². The van der Waals surface area contributed by atoms with Gasteiger partial charge in [0.15, 0.2) is 23.1 Å². The first-order valence-corrected chi connectivity index (χ1v) is 5.70. The molecule has 1 atom stereocenters. The SMILES string of the molecule is COc1cc(OC)c(F)c(C2[CH]CCOC2)c1F. The molecule has 0 bridgehead atoms. The van der Waals surface area contributed by atoms with E-state index in [-0.39, 0.29) is 23.7 Å². The molecule has 0 saturated carbocycles. The van der Waals surface area contributed by atoms with E-state index >= 15 is 0 Å². The highest BCUT2D eigenvalue weighted by Crippen LogP contribution is 2.37. The van der Waals surface area contributed by atoms with Gasteiger partial charge < -0.3 is 14.2 Å². The maximum absolute atomic E-state index is 14.1. The summed E-state index contributed by atoms with van der Waals surface area (Å²) in [5, 5.41) is 0. The van der Waals surface area contributed by atoms with E-state index in [1.807, 2.05) is 6.42 Å². The molecule has 1 unspecified atom stereocenters. The lowest BCUT2D eigenvalue weighted by molar-refractivity contribution is 0.101. The highest BCUT2D eigenvalue weighted by Gasteiger charge is 2.28. The number of methoxy groups -OCH3 is 2. The van der Waals surface area contributed by atoms with E-state index in [0.717, 1.165) is 0 Å². The summed E-state index contributed by atoms with van der Waals surface area (Å²) < 4.78 is 43.3. The molecule has 1 aromatic rings. The fourth-order valence-electron chi connectivity index (χ4n) is 2.06. The molecular formula is C13H15F2O3. The van der Waals surface area contributed by atoms with Crippen molar-refractivity contribution in [3.05, 3.63) is 29.7 Å². The topological polar surface area (TPSA) is 27.7 Å². The molecule has 1 aromatic carbocycles. The van der Waals surface area contributed by atoms with Gasteiger partial charge in [0.1, 0.15) is 0 Å². The Bertz CT molecular complexity index is 400. The van der Waals surface area contributed by atoms with Crippen molar-refractivity contribution in [3.8, 4) is 11.5 Å². The van der Waals surface area contributed by atoms with Gasteiger partial charge in [-0.1, -0.05) is 0 Å². The first-order valence-electron chi connectivity index (χ1n) is 5.70. The van der Waals surface area contributed by atoms with Crippen LogP contribution in [0.2, 0.25) is 0 Å². The third-order valence-electron chi connectivity index (χ3n) is 2.99. The van der Waals surface area contributed by atoms with Gasteiger partial charge >= 0.3 is 0 Å². The lowest BCUT2D eigenvalue weighted by Crippen LogP contribution is -2.19. The Balaban J connectivity index is 2.48. The van der Waals surface area contributed by atoms with Crippen molar-refractivity contribution in [2.24, 2.45) is 0 Å². The zero-order chi connectivity index (χ0) is 13.1. The minimum Gasteiger partial charge on any atom is -0.494 e. The second-order valence-corrected chi connectivity index (χ2v) is 4.03. The summed E-state index contributed by atoms with van der Waals surface area (Å²) in [6.45, 7) is 0.852. The summed E-state index contributed by atoms with van der Waals surface area (Å²) in [6.07, 6.45) is 2.52. The summed E-state index contributed by atoms with van der Waals surface area (Å²) in [5.41, 5.74) is -0.0501. The Kier molecular flexibility index (Phi) is 4.01. The van der Waals surface area contributed by atoms with E-state index in [0.29, 0.717) is 13.0 Å². The Hall–Kier alpha value is -1.36.